The molecular weight excluding hydrogens is 403 g/mol. The number of hydrogen-bond donors (Lipinski definition) is 2. The molecule has 160 valence electrons. The smallest absolute Gasteiger partial charge is 0.421 e. The summed E-state index contributed by atoms with van der Waals surface area (Å²) in [5.41, 5.74) is 0.831. The van der Waals surface area contributed by atoms with E-state index < -0.39 is 11.7 Å². The molecule has 0 bridgehead atoms. The van der Waals surface area contributed by atoms with Crippen molar-refractivity contribution in [2.75, 3.05) is 37.5 Å². The Hall–Kier alpha value is -3.08. The van der Waals surface area contributed by atoms with Crippen molar-refractivity contribution in [3.8, 4) is 5.75 Å². The normalized spacial score (nSPS) is 16.3. The minimum Gasteiger partial charge on any atom is -0.495 e. The number of anilines is 3. The standard InChI is InChI=1S/C19H20F3N5O3/c1-3-23-16-13(19(20,21)22)6-24-18(26-16)25-14-4-10-7-27(11-8-30-9-11)17(28)12(10)5-15(14)29-2/h4-6,11H,3,7-9H2,1-2H3,(H2,23,24,25,26). The second kappa shape index (κ2) is 7.63. The van der Waals surface area contributed by atoms with Gasteiger partial charge in [0.15, 0.2) is 0 Å². The van der Waals surface area contributed by atoms with Crippen molar-refractivity contribution in [3.63, 3.8) is 0 Å². The number of nitrogens with one attached hydrogen (secondary N) is 2. The minimum absolute atomic E-state index is 0.0224. The van der Waals surface area contributed by atoms with Crippen molar-refractivity contribution in [1.29, 1.82) is 0 Å². The number of fused-ring (bicyclic) bond motifs is 1. The number of hydrogen-bond acceptors (Lipinski definition) is 7. The van der Waals surface area contributed by atoms with Gasteiger partial charge in [-0.2, -0.15) is 18.2 Å². The van der Waals surface area contributed by atoms with Crippen LogP contribution in [-0.2, 0) is 17.5 Å². The molecule has 1 saturated heterocycles. The third-order valence-electron chi connectivity index (χ3n) is 5.00. The first-order chi connectivity index (χ1) is 14.3. The van der Waals surface area contributed by atoms with Crippen LogP contribution in [0.15, 0.2) is 18.3 Å². The van der Waals surface area contributed by atoms with Crippen LogP contribution in [0.2, 0.25) is 0 Å². The zero-order valence-electron chi connectivity index (χ0n) is 16.3. The zero-order chi connectivity index (χ0) is 21.5. The van der Waals surface area contributed by atoms with E-state index in [4.69, 9.17) is 9.47 Å². The number of ether oxygens (including phenoxy) is 2. The van der Waals surface area contributed by atoms with E-state index in [2.05, 4.69) is 20.6 Å². The van der Waals surface area contributed by atoms with Crippen molar-refractivity contribution >= 4 is 23.4 Å². The van der Waals surface area contributed by atoms with Crippen molar-refractivity contribution in [3.05, 3.63) is 35.0 Å². The van der Waals surface area contributed by atoms with Gasteiger partial charge in [0, 0.05) is 24.8 Å². The fourth-order valence-electron chi connectivity index (χ4n) is 3.40. The Labute approximate surface area is 170 Å². The van der Waals surface area contributed by atoms with Crippen molar-refractivity contribution in [2.45, 2.75) is 25.7 Å². The first-order valence-corrected chi connectivity index (χ1v) is 9.36. The molecule has 1 aromatic heterocycles. The predicted molar refractivity (Wildman–Crippen MR) is 102 cm³/mol. The van der Waals surface area contributed by atoms with Gasteiger partial charge in [-0.05, 0) is 24.6 Å². The number of aromatic nitrogens is 2. The van der Waals surface area contributed by atoms with Gasteiger partial charge in [-0.15, -0.1) is 0 Å². The number of rotatable bonds is 6. The van der Waals surface area contributed by atoms with E-state index >= 15 is 0 Å². The van der Waals surface area contributed by atoms with Crippen LogP contribution in [0.3, 0.4) is 0 Å². The van der Waals surface area contributed by atoms with Crippen LogP contribution in [0.25, 0.3) is 0 Å². The lowest BCUT2D eigenvalue weighted by Crippen LogP contribution is -2.48. The highest BCUT2D eigenvalue weighted by Gasteiger charge is 2.37. The van der Waals surface area contributed by atoms with E-state index in [9.17, 15) is 18.0 Å². The van der Waals surface area contributed by atoms with E-state index in [1.807, 2.05) is 0 Å². The Morgan fingerprint density at radius 2 is 2.10 bits per heavy atom. The molecule has 0 radical (unpaired) electrons. The lowest BCUT2D eigenvalue weighted by Gasteiger charge is -2.34. The van der Waals surface area contributed by atoms with E-state index in [0.29, 0.717) is 36.8 Å². The molecule has 0 spiro atoms. The van der Waals surface area contributed by atoms with Crippen molar-refractivity contribution in [1.82, 2.24) is 14.9 Å². The van der Waals surface area contributed by atoms with Gasteiger partial charge >= 0.3 is 6.18 Å². The molecular formula is C19H20F3N5O3. The molecule has 4 rings (SSSR count). The number of carbonyl (C=O) groups is 1. The van der Waals surface area contributed by atoms with Gasteiger partial charge in [-0.1, -0.05) is 0 Å². The van der Waals surface area contributed by atoms with Gasteiger partial charge in [0.1, 0.15) is 17.1 Å². The van der Waals surface area contributed by atoms with Crippen LogP contribution in [-0.4, -0.2) is 53.7 Å². The van der Waals surface area contributed by atoms with Crippen LogP contribution in [0.5, 0.6) is 5.75 Å². The van der Waals surface area contributed by atoms with Crippen LogP contribution in [0.4, 0.5) is 30.6 Å². The summed E-state index contributed by atoms with van der Waals surface area (Å²) in [6.07, 6.45) is -3.84. The Bertz CT molecular complexity index is 979. The summed E-state index contributed by atoms with van der Waals surface area (Å²) in [6.45, 7) is 3.39. The maximum Gasteiger partial charge on any atom is 0.421 e. The van der Waals surface area contributed by atoms with E-state index in [0.717, 1.165) is 11.8 Å². The molecule has 30 heavy (non-hydrogen) atoms. The number of methoxy groups -OCH3 is 1. The maximum absolute atomic E-state index is 13.2. The summed E-state index contributed by atoms with van der Waals surface area (Å²) >= 11 is 0. The van der Waals surface area contributed by atoms with Crippen LogP contribution >= 0.6 is 0 Å². The molecule has 11 heteroatoms. The molecule has 0 saturated carbocycles. The second-order valence-electron chi connectivity index (χ2n) is 6.94. The van der Waals surface area contributed by atoms with Gasteiger partial charge in [-0.3, -0.25) is 4.79 Å². The molecule has 1 amide bonds. The Kier molecular flexibility index (Phi) is 5.14. The number of halogens is 3. The SMILES string of the molecule is CCNc1nc(Nc2cc3c(cc2OC)C(=O)N(C2COC2)C3)ncc1C(F)(F)F. The second-order valence-corrected chi connectivity index (χ2v) is 6.94. The monoisotopic (exact) mass is 423 g/mol. The summed E-state index contributed by atoms with van der Waals surface area (Å²) in [4.78, 5) is 22.2. The Balaban J connectivity index is 1.64. The van der Waals surface area contributed by atoms with E-state index in [1.54, 1.807) is 24.0 Å². The fraction of sp³-hybridized carbons (Fsp3) is 0.421. The lowest BCUT2D eigenvalue weighted by molar-refractivity contribution is -0.137. The average Bonchev–Trinajstić information content (AvgIpc) is 2.94. The molecule has 3 heterocycles. The average molecular weight is 423 g/mol. The fourth-order valence-corrected chi connectivity index (χ4v) is 3.40. The van der Waals surface area contributed by atoms with E-state index in [1.165, 1.54) is 7.11 Å². The third-order valence-corrected chi connectivity index (χ3v) is 5.00. The number of amides is 1. The van der Waals surface area contributed by atoms with Gasteiger partial charge in [0.05, 0.1) is 32.1 Å². The van der Waals surface area contributed by atoms with Crippen LogP contribution < -0.4 is 15.4 Å². The van der Waals surface area contributed by atoms with Crippen LogP contribution in [0, 0.1) is 0 Å². The quantitative estimate of drug-likeness (QED) is 0.738. The first kappa shape index (κ1) is 20.2. The molecule has 0 aliphatic carbocycles. The molecule has 2 aliphatic heterocycles. The predicted octanol–water partition coefficient (Wildman–Crippen LogP) is 3.03. The summed E-state index contributed by atoms with van der Waals surface area (Å²) in [6, 6.07) is 3.40. The minimum atomic E-state index is -4.57. The van der Waals surface area contributed by atoms with Gasteiger partial charge in [0.2, 0.25) is 5.95 Å². The number of benzene rings is 1. The van der Waals surface area contributed by atoms with Gasteiger partial charge in [0.25, 0.3) is 5.91 Å². The molecule has 0 atom stereocenters. The van der Waals surface area contributed by atoms with Gasteiger partial charge < -0.3 is 25.0 Å². The highest BCUT2D eigenvalue weighted by Crippen LogP contribution is 2.37. The summed E-state index contributed by atoms with van der Waals surface area (Å²) in [5.74, 6) is -0.0644. The van der Waals surface area contributed by atoms with Gasteiger partial charge in [-0.25, -0.2) is 4.98 Å². The number of nitrogens with zero attached hydrogens (tertiary/aromatic N) is 3. The van der Waals surface area contributed by atoms with E-state index in [-0.39, 0.29) is 30.3 Å². The highest BCUT2D eigenvalue weighted by atomic mass is 19.4. The zero-order valence-corrected chi connectivity index (χ0v) is 16.3. The number of carbonyl (C=O) groups excluding carboxylic acids is 1. The topological polar surface area (TPSA) is 88.6 Å². The molecule has 0 unspecified atom stereocenters. The highest BCUT2D eigenvalue weighted by molar-refractivity contribution is 6.00. The van der Waals surface area contributed by atoms with Crippen molar-refractivity contribution in [2.24, 2.45) is 0 Å². The molecule has 1 aromatic carbocycles. The maximum atomic E-state index is 13.2. The summed E-state index contributed by atoms with van der Waals surface area (Å²) in [7, 11) is 1.45. The molecule has 2 aromatic rings. The summed E-state index contributed by atoms with van der Waals surface area (Å²) in [5, 5.41) is 5.52. The third kappa shape index (κ3) is 3.60. The Morgan fingerprint density at radius 3 is 2.70 bits per heavy atom. The summed E-state index contributed by atoms with van der Waals surface area (Å²) < 4.78 is 50.0. The van der Waals surface area contributed by atoms with Crippen LogP contribution in [0.1, 0.15) is 28.4 Å². The molecule has 1 fully saturated rings. The molecule has 2 N–H and O–H groups in total. The molecule has 8 nitrogen and oxygen atoms in total. The first-order valence-electron chi connectivity index (χ1n) is 9.36. The largest absolute Gasteiger partial charge is 0.495 e. The van der Waals surface area contributed by atoms with Crippen molar-refractivity contribution < 1.29 is 27.4 Å². The lowest BCUT2D eigenvalue weighted by atomic mass is 10.1. The Morgan fingerprint density at radius 1 is 1.33 bits per heavy atom. The molecule has 2 aliphatic rings. The number of alkyl halides is 3.